The van der Waals surface area contributed by atoms with Crippen molar-refractivity contribution >= 4 is 12.0 Å². The predicted molar refractivity (Wildman–Crippen MR) is 99.7 cm³/mol. The van der Waals surface area contributed by atoms with Gasteiger partial charge in [-0.2, -0.15) is 0 Å². The monoisotopic (exact) mass is 326 g/mol. The maximum Gasteiger partial charge on any atom is 0.222 e. The fraction of sp³-hybridized carbons (Fsp3) is 0.571. The molecule has 1 aromatic carbocycles. The van der Waals surface area contributed by atoms with Crippen molar-refractivity contribution in [1.29, 1.82) is 0 Å². The van der Waals surface area contributed by atoms with Crippen LogP contribution in [0.3, 0.4) is 0 Å². The molecule has 1 aromatic rings. The van der Waals surface area contributed by atoms with Gasteiger partial charge in [0.25, 0.3) is 0 Å². The number of benzene rings is 1. The minimum Gasteiger partial charge on any atom is -0.339 e. The Morgan fingerprint density at radius 1 is 1.29 bits per heavy atom. The molecule has 130 valence electrons. The SMILES string of the molecule is C/C(=C\c1ccccc1)CN1CC[C@]2(C)[C@H]1CCCCC(=O)N2C. The molecule has 0 aliphatic carbocycles. The van der Waals surface area contributed by atoms with Crippen LogP contribution in [0.4, 0.5) is 0 Å². The molecular formula is C21H30N2O. The first-order valence-electron chi connectivity index (χ1n) is 9.23. The van der Waals surface area contributed by atoms with Crippen LogP contribution in [0.2, 0.25) is 0 Å². The summed E-state index contributed by atoms with van der Waals surface area (Å²) < 4.78 is 0. The van der Waals surface area contributed by atoms with Crippen LogP contribution >= 0.6 is 0 Å². The normalized spacial score (nSPS) is 29.3. The van der Waals surface area contributed by atoms with Crippen molar-refractivity contribution in [3.8, 4) is 0 Å². The van der Waals surface area contributed by atoms with Crippen molar-refractivity contribution in [2.75, 3.05) is 20.1 Å². The van der Waals surface area contributed by atoms with E-state index >= 15 is 0 Å². The molecule has 3 rings (SSSR count). The quantitative estimate of drug-likeness (QED) is 0.839. The van der Waals surface area contributed by atoms with Crippen molar-refractivity contribution in [2.24, 2.45) is 0 Å². The van der Waals surface area contributed by atoms with Crippen LogP contribution in [0.25, 0.3) is 6.08 Å². The lowest BCUT2D eigenvalue weighted by atomic mass is 9.85. The number of carbonyl (C=O) groups is 1. The summed E-state index contributed by atoms with van der Waals surface area (Å²) in [5.41, 5.74) is 2.65. The minimum atomic E-state index is -0.00939. The summed E-state index contributed by atoms with van der Waals surface area (Å²) in [7, 11) is 2.01. The molecule has 0 radical (unpaired) electrons. The van der Waals surface area contributed by atoms with Crippen molar-refractivity contribution in [3.63, 3.8) is 0 Å². The van der Waals surface area contributed by atoms with E-state index in [2.05, 4.69) is 55.2 Å². The molecule has 24 heavy (non-hydrogen) atoms. The van der Waals surface area contributed by atoms with Crippen molar-refractivity contribution < 1.29 is 4.79 Å². The largest absolute Gasteiger partial charge is 0.339 e. The first-order valence-corrected chi connectivity index (χ1v) is 9.23. The van der Waals surface area contributed by atoms with Crippen LogP contribution in [0.5, 0.6) is 0 Å². The van der Waals surface area contributed by atoms with Gasteiger partial charge in [-0.15, -0.1) is 0 Å². The van der Waals surface area contributed by atoms with Gasteiger partial charge in [0.15, 0.2) is 0 Å². The van der Waals surface area contributed by atoms with E-state index < -0.39 is 0 Å². The molecule has 2 saturated heterocycles. The second kappa shape index (κ2) is 7.10. The highest BCUT2D eigenvalue weighted by atomic mass is 16.2. The van der Waals surface area contributed by atoms with Crippen LogP contribution in [-0.2, 0) is 4.79 Å². The van der Waals surface area contributed by atoms with Crippen molar-refractivity contribution in [2.45, 2.75) is 57.5 Å². The van der Waals surface area contributed by atoms with Crippen LogP contribution in [0, 0.1) is 0 Å². The first-order chi connectivity index (χ1) is 11.5. The number of fused-ring (bicyclic) bond motifs is 1. The molecule has 0 N–H and O–H groups in total. The maximum atomic E-state index is 12.4. The van der Waals surface area contributed by atoms with Gasteiger partial charge in [0.1, 0.15) is 0 Å². The van der Waals surface area contributed by atoms with Gasteiger partial charge in [-0.1, -0.05) is 48.4 Å². The molecule has 2 aliphatic heterocycles. The lowest BCUT2D eigenvalue weighted by molar-refractivity contribution is -0.137. The third-order valence-electron chi connectivity index (χ3n) is 5.99. The number of amides is 1. The number of hydrogen-bond acceptors (Lipinski definition) is 2. The molecule has 3 nitrogen and oxygen atoms in total. The van der Waals surface area contributed by atoms with E-state index in [1.165, 1.54) is 17.6 Å². The second-order valence-corrected chi connectivity index (χ2v) is 7.69. The van der Waals surface area contributed by atoms with Crippen LogP contribution in [-0.4, -0.2) is 47.4 Å². The van der Waals surface area contributed by atoms with Crippen molar-refractivity contribution in [3.05, 3.63) is 41.5 Å². The van der Waals surface area contributed by atoms with E-state index in [1.807, 2.05) is 11.9 Å². The Morgan fingerprint density at radius 3 is 2.79 bits per heavy atom. The molecule has 2 heterocycles. The molecule has 0 aromatic heterocycles. The Labute approximate surface area is 146 Å². The standard InChI is InChI=1S/C21H30N2O/c1-17(15-18-9-5-4-6-10-18)16-23-14-13-21(2)19(23)11-7-8-12-20(24)22(21)3/h4-6,9-10,15,19H,7-8,11-14,16H2,1-3H3/b17-15+/t19-,21-/m1/s1. The second-order valence-electron chi connectivity index (χ2n) is 7.69. The van der Waals surface area contributed by atoms with Gasteiger partial charge in [-0.05, 0) is 38.7 Å². The minimum absolute atomic E-state index is 0.00939. The number of likely N-dealkylation sites (N-methyl/N-ethyl adjacent to an activating group) is 1. The molecule has 3 heteroatoms. The van der Waals surface area contributed by atoms with Crippen LogP contribution < -0.4 is 0 Å². The highest BCUT2D eigenvalue weighted by molar-refractivity contribution is 5.77. The zero-order chi connectivity index (χ0) is 17.2. The zero-order valence-corrected chi connectivity index (χ0v) is 15.3. The first kappa shape index (κ1) is 17.2. The van der Waals surface area contributed by atoms with E-state index in [0.29, 0.717) is 18.4 Å². The number of rotatable bonds is 3. The highest BCUT2D eigenvalue weighted by Gasteiger charge is 2.48. The lowest BCUT2D eigenvalue weighted by Crippen LogP contribution is -2.56. The smallest absolute Gasteiger partial charge is 0.222 e. The summed E-state index contributed by atoms with van der Waals surface area (Å²) in [5.74, 6) is 0.320. The summed E-state index contributed by atoms with van der Waals surface area (Å²) in [6.45, 7) is 6.59. The fourth-order valence-corrected chi connectivity index (χ4v) is 4.43. The van der Waals surface area contributed by atoms with Gasteiger partial charge in [0.2, 0.25) is 5.91 Å². The fourth-order valence-electron chi connectivity index (χ4n) is 4.43. The predicted octanol–water partition coefficient (Wildman–Crippen LogP) is 3.96. The van der Waals surface area contributed by atoms with Gasteiger partial charge in [-0.3, -0.25) is 9.69 Å². The van der Waals surface area contributed by atoms with Gasteiger partial charge < -0.3 is 4.90 Å². The van der Waals surface area contributed by atoms with E-state index in [0.717, 1.165) is 32.4 Å². The molecule has 0 saturated carbocycles. The summed E-state index contributed by atoms with van der Waals surface area (Å²) >= 11 is 0. The topological polar surface area (TPSA) is 23.6 Å². The molecule has 2 atom stereocenters. The molecule has 2 aliphatic rings. The van der Waals surface area contributed by atoms with Gasteiger partial charge in [-0.25, -0.2) is 0 Å². The van der Waals surface area contributed by atoms with E-state index in [9.17, 15) is 4.79 Å². The van der Waals surface area contributed by atoms with Crippen LogP contribution in [0.15, 0.2) is 35.9 Å². The Bertz CT molecular complexity index is 610. The zero-order valence-electron chi connectivity index (χ0n) is 15.3. The summed E-state index contributed by atoms with van der Waals surface area (Å²) in [6.07, 6.45) is 7.48. The summed E-state index contributed by atoms with van der Waals surface area (Å²) in [6, 6.07) is 11.0. The molecule has 0 spiro atoms. The number of carbonyl (C=O) groups excluding carboxylic acids is 1. The number of hydrogen-bond donors (Lipinski definition) is 0. The Balaban J connectivity index is 1.75. The van der Waals surface area contributed by atoms with Gasteiger partial charge >= 0.3 is 0 Å². The molecule has 0 unspecified atom stereocenters. The molecule has 2 fully saturated rings. The average Bonchev–Trinajstić information content (AvgIpc) is 2.87. The molecule has 1 amide bonds. The summed E-state index contributed by atoms with van der Waals surface area (Å²) in [4.78, 5) is 17.0. The third-order valence-corrected chi connectivity index (χ3v) is 5.99. The number of nitrogens with zero attached hydrogens (tertiary/aromatic N) is 2. The van der Waals surface area contributed by atoms with Gasteiger partial charge in [0.05, 0.1) is 5.54 Å². The average molecular weight is 326 g/mol. The van der Waals surface area contributed by atoms with E-state index in [4.69, 9.17) is 0 Å². The Kier molecular flexibility index (Phi) is 5.09. The van der Waals surface area contributed by atoms with Crippen molar-refractivity contribution in [1.82, 2.24) is 9.80 Å². The maximum absolute atomic E-state index is 12.4. The number of likely N-dealkylation sites (tertiary alicyclic amines) is 2. The van der Waals surface area contributed by atoms with Gasteiger partial charge in [0, 0.05) is 32.6 Å². The highest BCUT2D eigenvalue weighted by Crippen LogP contribution is 2.38. The van der Waals surface area contributed by atoms with Crippen LogP contribution in [0.1, 0.15) is 51.5 Å². The van der Waals surface area contributed by atoms with E-state index in [-0.39, 0.29) is 5.54 Å². The third kappa shape index (κ3) is 3.41. The lowest BCUT2D eigenvalue weighted by Gasteiger charge is -2.44. The van der Waals surface area contributed by atoms with E-state index in [1.54, 1.807) is 0 Å². The summed E-state index contributed by atoms with van der Waals surface area (Å²) in [5, 5.41) is 0. The Morgan fingerprint density at radius 2 is 2.04 bits per heavy atom. The Hall–Kier alpha value is -1.61. The molecule has 0 bridgehead atoms. The molecular weight excluding hydrogens is 296 g/mol.